The fourth-order valence-electron chi connectivity index (χ4n) is 3.71. The van der Waals surface area contributed by atoms with Crippen molar-refractivity contribution in [2.75, 3.05) is 13.1 Å². The van der Waals surface area contributed by atoms with Crippen LogP contribution in [0.25, 0.3) is 0 Å². The average molecular weight is 296 g/mol. The first-order valence-electron chi connectivity index (χ1n) is 8.37. The molecule has 0 bridgehead atoms. The Morgan fingerprint density at radius 1 is 1.24 bits per heavy atom. The van der Waals surface area contributed by atoms with Gasteiger partial charge in [0.25, 0.3) is 0 Å². The van der Waals surface area contributed by atoms with Crippen molar-refractivity contribution in [2.45, 2.75) is 64.3 Å². The first-order valence-corrected chi connectivity index (χ1v) is 8.37. The second kappa shape index (κ2) is 7.66. The van der Waals surface area contributed by atoms with Crippen molar-refractivity contribution >= 4 is 12.0 Å². The van der Waals surface area contributed by atoms with Gasteiger partial charge in [0.15, 0.2) is 0 Å². The van der Waals surface area contributed by atoms with Gasteiger partial charge in [0.2, 0.25) is 0 Å². The van der Waals surface area contributed by atoms with Crippen LogP contribution in [0.1, 0.15) is 58.3 Å². The largest absolute Gasteiger partial charge is 0.481 e. The molecule has 2 fully saturated rings. The number of piperidine rings is 1. The van der Waals surface area contributed by atoms with Crippen molar-refractivity contribution in [1.29, 1.82) is 0 Å². The smallest absolute Gasteiger partial charge is 0.317 e. The Morgan fingerprint density at radius 3 is 2.71 bits per heavy atom. The van der Waals surface area contributed by atoms with Crippen LogP contribution in [0.2, 0.25) is 0 Å². The Bertz CT molecular complexity index is 371. The van der Waals surface area contributed by atoms with Gasteiger partial charge >= 0.3 is 12.0 Å². The summed E-state index contributed by atoms with van der Waals surface area (Å²) in [7, 11) is 0. The molecule has 120 valence electrons. The van der Waals surface area contributed by atoms with Gasteiger partial charge < -0.3 is 15.3 Å². The second-order valence-electron chi connectivity index (χ2n) is 6.56. The number of carboxylic acids is 1. The number of aliphatic carboxylic acids is 1. The highest BCUT2D eigenvalue weighted by atomic mass is 16.4. The van der Waals surface area contributed by atoms with Gasteiger partial charge in [0, 0.05) is 19.1 Å². The Balaban J connectivity index is 1.73. The van der Waals surface area contributed by atoms with Crippen LogP contribution in [0, 0.1) is 11.8 Å². The van der Waals surface area contributed by atoms with E-state index in [4.69, 9.17) is 5.11 Å². The van der Waals surface area contributed by atoms with Gasteiger partial charge in [0.1, 0.15) is 0 Å². The summed E-state index contributed by atoms with van der Waals surface area (Å²) in [6, 6.07) is 0.486. The van der Waals surface area contributed by atoms with E-state index >= 15 is 0 Å². The molecule has 5 heteroatoms. The number of hydrogen-bond acceptors (Lipinski definition) is 2. The van der Waals surface area contributed by atoms with E-state index in [0.717, 1.165) is 25.8 Å². The van der Waals surface area contributed by atoms with Crippen molar-refractivity contribution < 1.29 is 14.7 Å². The van der Waals surface area contributed by atoms with Gasteiger partial charge in [-0.15, -0.1) is 0 Å². The monoisotopic (exact) mass is 296 g/mol. The number of carbonyl (C=O) groups is 2. The zero-order valence-electron chi connectivity index (χ0n) is 13.0. The van der Waals surface area contributed by atoms with Crippen LogP contribution in [0.4, 0.5) is 4.79 Å². The molecule has 1 aliphatic carbocycles. The molecule has 1 saturated carbocycles. The first kappa shape index (κ1) is 16.1. The molecule has 0 aromatic rings. The molecule has 21 heavy (non-hydrogen) atoms. The van der Waals surface area contributed by atoms with Gasteiger partial charge in [-0.25, -0.2) is 4.79 Å². The lowest BCUT2D eigenvalue weighted by Crippen LogP contribution is -2.53. The standard InChI is InChI=1S/C16H28N2O3/c1-12(15(19)20)6-4-10-17-16(21)18-11-5-8-13-7-2-3-9-14(13)18/h12-14H,2-11H2,1H3,(H,17,21)(H,19,20)/t12?,13-,14-/m1/s1. The van der Waals surface area contributed by atoms with Crippen LogP contribution in [-0.2, 0) is 4.79 Å². The van der Waals surface area contributed by atoms with Gasteiger partial charge in [-0.1, -0.05) is 19.8 Å². The molecule has 1 saturated heterocycles. The van der Waals surface area contributed by atoms with E-state index in [0.29, 0.717) is 24.9 Å². The Morgan fingerprint density at radius 2 is 1.95 bits per heavy atom. The number of nitrogens with one attached hydrogen (secondary N) is 1. The van der Waals surface area contributed by atoms with Crippen molar-refractivity contribution in [3.05, 3.63) is 0 Å². The van der Waals surface area contributed by atoms with Crippen LogP contribution in [0.15, 0.2) is 0 Å². The van der Waals surface area contributed by atoms with E-state index in [-0.39, 0.29) is 11.9 Å². The fraction of sp³-hybridized carbons (Fsp3) is 0.875. The maximum absolute atomic E-state index is 12.3. The predicted octanol–water partition coefficient (Wildman–Crippen LogP) is 2.85. The molecule has 0 aromatic carbocycles. The number of hydrogen-bond donors (Lipinski definition) is 2. The molecular weight excluding hydrogens is 268 g/mol. The van der Waals surface area contributed by atoms with Gasteiger partial charge in [0.05, 0.1) is 5.92 Å². The third-order valence-electron chi connectivity index (χ3n) is 5.02. The van der Waals surface area contributed by atoms with Crippen LogP contribution >= 0.6 is 0 Å². The first-order chi connectivity index (χ1) is 10.1. The molecule has 3 atom stereocenters. The van der Waals surface area contributed by atoms with Crippen LogP contribution in [0.5, 0.6) is 0 Å². The number of likely N-dealkylation sites (tertiary alicyclic amines) is 1. The number of fused-ring (bicyclic) bond motifs is 1. The highest BCUT2D eigenvalue weighted by molar-refractivity contribution is 5.74. The predicted molar refractivity (Wildman–Crippen MR) is 81.1 cm³/mol. The Labute approximate surface area is 127 Å². The number of carbonyl (C=O) groups excluding carboxylic acids is 1. The molecule has 1 unspecified atom stereocenters. The van der Waals surface area contributed by atoms with E-state index in [1.165, 1.54) is 25.7 Å². The van der Waals surface area contributed by atoms with Crippen LogP contribution in [-0.4, -0.2) is 41.1 Å². The number of urea groups is 1. The molecule has 1 heterocycles. The summed E-state index contributed by atoms with van der Waals surface area (Å²) in [6.07, 6.45) is 8.68. The summed E-state index contributed by atoms with van der Waals surface area (Å²) in [5.41, 5.74) is 0. The number of carboxylic acid groups (broad SMARTS) is 1. The van der Waals surface area contributed by atoms with E-state index in [2.05, 4.69) is 5.32 Å². The molecular formula is C16H28N2O3. The van der Waals surface area contributed by atoms with E-state index < -0.39 is 5.97 Å². The minimum absolute atomic E-state index is 0.0505. The third kappa shape index (κ3) is 4.35. The maximum atomic E-state index is 12.3. The molecule has 0 aromatic heterocycles. The molecule has 2 rings (SSSR count). The minimum Gasteiger partial charge on any atom is -0.481 e. The van der Waals surface area contributed by atoms with E-state index in [1.54, 1.807) is 6.92 Å². The zero-order chi connectivity index (χ0) is 15.2. The lowest BCUT2D eigenvalue weighted by atomic mass is 9.78. The normalized spacial score (nSPS) is 26.8. The highest BCUT2D eigenvalue weighted by Gasteiger charge is 2.35. The molecule has 0 radical (unpaired) electrons. The summed E-state index contributed by atoms with van der Waals surface area (Å²) < 4.78 is 0. The summed E-state index contributed by atoms with van der Waals surface area (Å²) in [5.74, 6) is -0.396. The topological polar surface area (TPSA) is 69.6 Å². The van der Waals surface area contributed by atoms with Crippen molar-refractivity contribution in [1.82, 2.24) is 10.2 Å². The summed E-state index contributed by atoms with van der Waals surface area (Å²) in [6.45, 7) is 3.16. The summed E-state index contributed by atoms with van der Waals surface area (Å²) in [5, 5.41) is 11.8. The minimum atomic E-state index is -0.762. The van der Waals surface area contributed by atoms with Crippen LogP contribution in [0.3, 0.4) is 0 Å². The highest BCUT2D eigenvalue weighted by Crippen LogP contribution is 2.35. The van der Waals surface area contributed by atoms with Gasteiger partial charge in [-0.3, -0.25) is 4.79 Å². The number of amides is 2. The third-order valence-corrected chi connectivity index (χ3v) is 5.02. The molecule has 2 N–H and O–H groups in total. The quantitative estimate of drug-likeness (QED) is 0.766. The van der Waals surface area contributed by atoms with Crippen LogP contribution < -0.4 is 5.32 Å². The molecule has 5 nitrogen and oxygen atoms in total. The summed E-state index contributed by atoms with van der Waals surface area (Å²) in [4.78, 5) is 25.1. The Hall–Kier alpha value is -1.26. The zero-order valence-corrected chi connectivity index (χ0v) is 13.0. The maximum Gasteiger partial charge on any atom is 0.317 e. The lowest BCUT2D eigenvalue weighted by molar-refractivity contribution is -0.141. The average Bonchev–Trinajstić information content (AvgIpc) is 2.50. The Kier molecular flexibility index (Phi) is 5.88. The number of nitrogens with zero attached hydrogens (tertiary/aromatic N) is 1. The van der Waals surface area contributed by atoms with Gasteiger partial charge in [-0.05, 0) is 44.4 Å². The fourth-order valence-corrected chi connectivity index (χ4v) is 3.71. The van der Waals surface area contributed by atoms with Crippen molar-refractivity contribution in [3.63, 3.8) is 0 Å². The van der Waals surface area contributed by atoms with E-state index in [9.17, 15) is 9.59 Å². The van der Waals surface area contributed by atoms with Crippen molar-refractivity contribution in [2.24, 2.45) is 11.8 Å². The second-order valence-corrected chi connectivity index (χ2v) is 6.56. The van der Waals surface area contributed by atoms with E-state index in [1.807, 2.05) is 4.90 Å². The lowest BCUT2D eigenvalue weighted by Gasteiger charge is -2.44. The van der Waals surface area contributed by atoms with Gasteiger partial charge in [-0.2, -0.15) is 0 Å². The SMILES string of the molecule is CC(CCCNC(=O)N1CCC[C@H]2CCCC[C@H]21)C(=O)O. The van der Waals surface area contributed by atoms with Crippen molar-refractivity contribution in [3.8, 4) is 0 Å². The molecule has 1 aliphatic heterocycles. The summed E-state index contributed by atoms with van der Waals surface area (Å²) >= 11 is 0. The molecule has 2 aliphatic rings. The molecule has 2 amide bonds. The molecule has 0 spiro atoms. The number of rotatable bonds is 5.